The van der Waals surface area contributed by atoms with Crippen LogP contribution in [0.3, 0.4) is 0 Å². The third-order valence-electron chi connectivity index (χ3n) is 4.63. The van der Waals surface area contributed by atoms with Gasteiger partial charge in [-0.1, -0.05) is 44.2 Å². The van der Waals surface area contributed by atoms with Gasteiger partial charge in [0, 0.05) is 12.8 Å². The predicted molar refractivity (Wildman–Crippen MR) is 114 cm³/mol. The lowest BCUT2D eigenvalue weighted by molar-refractivity contribution is -0.142. The molecule has 0 saturated heterocycles. The Kier molecular flexibility index (Phi) is 10.8. The first-order valence-corrected chi connectivity index (χ1v) is 10.1. The number of aliphatic carboxylic acids is 2. The molecule has 0 saturated carbocycles. The van der Waals surface area contributed by atoms with E-state index in [-0.39, 0.29) is 19.3 Å². The molecule has 3 atom stereocenters. The second-order valence-electron chi connectivity index (χ2n) is 7.58. The molecule has 0 aliphatic carbocycles. The fourth-order valence-electron chi connectivity index (χ4n) is 2.89. The van der Waals surface area contributed by atoms with Gasteiger partial charge in [-0.25, -0.2) is 4.79 Å². The van der Waals surface area contributed by atoms with Gasteiger partial charge in [0.2, 0.25) is 17.7 Å². The third kappa shape index (κ3) is 9.13. The fraction of sp³-hybridized carbons (Fsp3) is 0.476. The third-order valence-corrected chi connectivity index (χ3v) is 4.63. The molecule has 0 radical (unpaired) electrons. The lowest BCUT2D eigenvalue weighted by Gasteiger charge is -2.26. The van der Waals surface area contributed by atoms with Gasteiger partial charge < -0.3 is 31.9 Å². The van der Waals surface area contributed by atoms with E-state index in [9.17, 15) is 29.1 Å². The molecule has 0 heterocycles. The monoisotopic (exact) mass is 450 g/mol. The topological polar surface area (TPSA) is 188 Å². The summed E-state index contributed by atoms with van der Waals surface area (Å²) in [4.78, 5) is 59.6. The Hall–Kier alpha value is -3.47. The molecule has 0 aliphatic heterocycles. The first kappa shape index (κ1) is 26.6. The molecule has 11 nitrogen and oxygen atoms in total. The van der Waals surface area contributed by atoms with Crippen LogP contribution < -0.4 is 21.7 Å². The number of carbonyl (C=O) groups is 5. The molecule has 0 bridgehead atoms. The zero-order valence-electron chi connectivity index (χ0n) is 18.0. The van der Waals surface area contributed by atoms with Crippen molar-refractivity contribution >= 4 is 29.7 Å². The summed E-state index contributed by atoms with van der Waals surface area (Å²) in [5.41, 5.74) is 5.95. The first-order chi connectivity index (χ1) is 15.0. The van der Waals surface area contributed by atoms with E-state index < -0.39 is 60.2 Å². The Morgan fingerprint density at radius 2 is 1.53 bits per heavy atom. The minimum absolute atomic E-state index is 0.0501. The van der Waals surface area contributed by atoms with Gasteiger partial charge >= 0.3 is 11.9 Å². The number of carbonyl (C=O) groups excluding carboxylic acids is 3. The van der Waals surface area contributed by atoms with Crippen LogP contribution in [0.15, 0.2) is 30.3 Å². The highest BCUT2D eigenvalue weighted by atomic mass is 16.4. The molecule has 1 aromatic carbocycles. The van der Waals surface area contributed by atoms with Crippen molar-refractivity contribution < 1.29 is 34.2 Å². The number of nitrogens with two attached hydrogens (primary N) is 1. The maximum Gasteiger partial charge on any atom is 0.326 e. The highest BCUT2D eigenvalue weighted by Crippen LogP contribution is 2.08. The quantitative estimate of drug-likeness (QED) is 0.226. The van der Waals surface area contributed by atoms with Gasteiger partial charge in [0.1, 0.15) is 18.1 Å². The Bertz CT molecular complexity index is 814. The van der Waals surface area contributed by atoms with Crippen LogP contribution in [0.4, 0.5) is 0 Å². The van der Waals surface area contributed by atoms with E-state index >= 15 is 0 Å². The maximum atomic E-state index is 12.8. The van der Waals surface area contributed by atoms with E-state index in [1.54, 1.807) is 44.2 Å². The Labute approximate surface area is 185 Å². The highest BCUT2D eigenvalue weighted by Gasteiger charge is 2.31. The summed E-state index contributed by atoms with van der Waals surface area (Å²) in [5.74, 6) is -4.94. The predicted octanol–water partition coefficient (Wildman–Crippen LogP) is -0.752. The zero-order chi connectivity index (χ0) is 24.3. The second-order valence-corrected chi connectivity index (χ2v) is 7.58. The van der Waals surface area contributed by atoms with E-state index in [1.807, 2.05) is 0 Å². The maximum absolute atomic E-state index is 12.8. The molecule has 1 rings (SSSR count). The van der Waals surface area contributed by atoms with Crippen LogP contribution in [0.5, 0.6) is 0 Å². The molecule has 0 fully saturated rings. The highest BCUT2D eigenvalue weighted by molar-refractivity contribution is 5.94. The number of hydrogen-bond donors (Lipinski definition) is 6. The van der Waals surface area contributed by atoms with Crippen molar-refractivity contribution in [2.24, 2.45) is 11.7 Å². The minimum Gasteiger partial charge on any atom is -0.481 e. The molecule has 0 spiro atoms. The zero-order valence-corrected chi connectivity index (χ0v) is 18.0. The number of benzene rings is 1. The fourth-order valence-corrected chi connectivity index (χ4v) is 2.89. The molecule has 3 unspecified atom stereocenters. The van der Waals surface area contributed by atoms with Crippen LogP contribution in [-0.2, 0) is 30.4 Å². The molecule has 176 valence electrons. The number of carboxylic acids is 2. The van der Waals surface area contributed by atoms with Crippen molar-refractivity contribution in [3.05, 3.63) is 35.9 Å². The summed E-state index contributed by atoms with van der Waals surface area (Å²) in [6, 6.07) is 5.21. The summed E-state index contributed by atoms with van der Waals surface area (Å²) in [6.07, 6.45) is -0.542. The summed E-state index contributed by atoms with van der Waals surface area (Å²) >= 11 is 0. The molecule has 7 N–H and O–H groups in total. The number of nitrogens with one attached hydrogen (secondary N) is 3. The number of carboxylic acid groups (broad SMARTS) is 2. The summed E-state index contributed by atoms with van der Waals surface area (Å²) in [6.45, 7) is 2.91. The van der Waals surface area contributed by atoms with Crippen LogP contribution >= 0.6 is 0 Å². The van der Waals surface area contributed by atoms with Crippen molar-refractivity contribution in [2.45, 2.75) is 51.2 Å². The molecular weight excluding hydrogens is 420 g/mol. The summed E-state index contributed by atoms with van der Waals surface area (Å²) in [7, 11) is 0. The van der Waals surface area contributed by atoms with Gasteiger partial charge in [0.25, 0.3) is 0 Å². The number of rotatable bonds is 13. The molecule has 1 aromatic rings. The van der Waals surface area contributed by atoms with Crippen LogP contribution in [0.2, 0.25) is 0 Å². The van der Waals surface area contributed by atoms with E-state index in [1.165, 1.54) is 0 Å². The summed E-state index contributed by atoms with van der Waals surface area (Å²) < 4.78 is 0. The van der Waals surface area contributed by atoms with Gasteiger partial charge in [-0.15, -0.1) is 0 Å². The Morgan fingerprint density at radius 3 is 2.03 bits per heavy atom. The molecule has 0 aliphatic rings. The number of hydrogen-bond acceptors (Lipinski definition) is 6. The van der Waals surface area contributed by atoms with E-state index in [4.69, 9.17) is 10.8 Å². The van der Waals surface area contributed by atoms with Crippen molar-refractivity contribution in [1.82, 2.24) is 16.0 Å². The molecule has 11 heteroatoms. The number of amides is 3. The van der Waals surface area contributed by atoms with Gasteiger partial charge in [0.05, 0.1) is 6.54 Å². The SMILES string of the molecule is CC(C)C(NC(=O)C(CCC(=O)O)NC(=O)CN)C(=O)NC(Cc1ccccc1)C(=O)O. The van der Waals surface area contributed by atoms with Crippen molar-refractivity contribution in [3.8, 4) is 0 Å². The second kappa shape index (κ2) is 13.1. The van der Waals surface area contributed by atoms with Crippen molar-refractivity contribution in [2.75, 3.05) is 6.54 Å². The van der Waals surface area contributed by atoms with E-state index in [0.717, 1.165) is 0 Å². The Morgan fingerprint density at radius 1 is 0.906 bits per heavy atom. The lowest BCUT2D eigenvalue weighted by Crippen LogP contribution is -2.58. The first-order valence-electron chi connectivity index (χ1n) is 10.1. The van der Waals surface area contributed by atoms with Gasteiger partial charge in [-0.05, 0) is 17.9 Å². The van der Waals surface area contributed by atoms with Crippen molar-refractivity contribution in [1.29, 1.82) is 0 Å². The van der Waals surface area contributed by atoms with Gasteiger partial charge in [-0.3, -0.25) is 19.2 Å². The standard InChI is InChI=1S/C21H30N4O7/c1-12(2)18(25-19(29)14(8-9-17(27)28)23-16(26)11-22)20(30)24-15(21(31)32)10-13-6-4-3-5-7-13/h3-7,12,14-15,18H,8-11,22H2,1-2H3,(H,23,26)(H,24,30)(H,25,29)(H,27,28)(H,31,32). The van der Waals surface area contributed by atoms with Gasteiger partial charge in [-0.2, -0.15) is 0 Å². The van der Waals surface area contributed by atoms with E-state index in [0.29, 0.717) is 5.56 Å². The normalized spacial score (nSPS) is 13.5. The van der Waals surface area contributed by atoms with Crippen molar-refractivity contribution in [3.63, 3.8) is 0 Å². The Balaban J connectivity index is 2.92. The molecule has 0 aromatic heterocycles. The molecule has 32 heavy (non-hydrogen) atoms. The average molecular weight is 450 g/mol. The molecule has 3 amide bonds. The largest absolute Gasteiger partial charge is 0.481 e. The van der Waals surface area contributed by atoms with Crippen LogP contribution in [0.25, 0.3) is 0 Å². The average Bonchev–Trinajstić information content (AvgIpc) is 2.74. The molecular formula is C21H30N4O7. The van der Waals surface area contributed by atoms with Gasteiger partial charge in [0.15, 0.2) is 0 Å². The van der Waals surface area contributed by atoms with Crippen LogP contribution in [0.1, 0.15) is 32.3 Å². The van der Waals surface area contributed by atoms with Crippen LogP contribution in [0, 0.1) is 5.92 Å². The lowest BCUT2D eigenvalue weighted by atomic mass is 10.0. The van der Waals surface area contributed by atoms with E-state index in [2.05, 4.69) is 16.0 Å². The smallest absolute Gasteiger partial charge is 0.326 e. The summed E-state index contributed by atoms with van der Waals surface area (Å²) in [5, 5.41) is 25.6. The van der Waals surface area contributed by atoms with Crippen LogP contribution in [-0.4, -0.2) is 64.5 Å². The minimum atomic E-state index is -1.23.